The van der Waals surface area contributed by atoms with Gasteiger partial charge >= 0.3 is 0 Å². The topological polar surface area (TPSA) is 9.23 Å². The van der Waals surface area contributed by atoms with Crippen LogP contribution in [0.4, 0.5) is 0 Å². The summed E-state index contributed by atoms with van der Waals surface area (Å²) in [5, 5.41) is 3.34. The van der Waals surface area contributed by atoms with E-state index >= 15 is 0 Å². The molecule has 0 unspecified atom stereocenters. The number of methoxy groups -OCH3 is 1. The van der Waals surface area contributed by atoms with Crippen molar-refractivity contribution in [2.75, 3.05) is 7.11 Å². The lowest BCUT2D eigenvalue weighted by molar-refractivity contribution is 0.416. The largest absolute Gasteiger partial charge is 0.496 e. The summed E-state index contributed by atoms with van der Waals surface area (Å²) < 4.78 is 6.71. The first-order chi connectivity index (χ1) is 6.24. The third kappa shape index (κ3) is 1.22. The second-order valence-electron chi connectivity index (χ2n) is 3.18. The monoisotopic (exact) mass is 192 g/mol. The van der Waals surface area contributed by atoms with Crippen molar-refractivity contribution >= 4 is 21.4 Å². The van der Waals surface area contributed by atoms with E-state index in [4.69, 9.17) is 4.74 Å². The van der Waals surface area contributed by atoms with Gasteiger partial charge in [-0.25, -0.2) is 0 Å². The van der Waals surface area contributed by atoms with Crippen LogP contribution in [0.15, 0.2) is 17.5 Å². The van der Waals surface area contributed by atoms with E-state index in [1.54, 1.807) is 18.4 Å². The van der Waals surface area contributed by atoms with Crippen molar-refractivity contribution in [3.8, 4) is 5.75 Å². The maximum atomic E-state index is 5.40. The third-order valence-corrected chi connectivity index (χ3v) is 3.29. The van der Waals surface area contributed by atoms with E-state index in [9.17, 15) is 0 Å². The van der Waals surface area contributed by atoms with Crippen molar-refractivity contribution in [2.45, 2.75) is 13.8 Å². The molecule has 0 atom stereocenters. The molecule has 0 amide bonds. The van der Waals surface area contributed by atoms with Crippen LogP contribution in [-0.4, -0.2) is 7.11 Å². The lowest BCUT2D eigenvalue weighted by Gasteiger charge is -2.08. The zero-order valence-electron chi connectivity index (χ0n) is 8.05. The van der Waals surface area contributed by atoms with Gasteiger partial charge in [-0.2, -0.15) is 0 Å². The molecule has 0 N–H and O–H groups in total. The molecule has 1 aromatic heterocycles. The molecule has 13 heavy (non-hydrogen) atoms. The first-order valence-electron chi connectivity index (χ1n) is 4.25. The number of fused-ring (bicyclic) bond motifs is 1. The van der Waals surface area contributed by atoms with Crippen molar-refractivity contribution in [3.05, 3.63) is 28.6 Å². The summed E-state index contributed by atoms with van der Waals surface area (Å²) in [6.45, 7) is 4.22. The summed E-state index contributed by atoms with van der Waals surface area (Å²) in [6, 6.07) is 4.34. The molecule has 2 heteroatoms. The van der Waals surface area contributed by atoms with Crippen molar-refractivity contribution in [1.82, 2.24) is 0 Å². The molecule has 0 saturated heterocycles. The molecule has 0 spiro atoms. The summed E-state index contributed by atoms with van der Waals surface area (Å²) in [5.74, 6) is 1.02. The Morgan fingerprint density at radius 3 is 2.77 bits per heavy atom. The van der Waals surface area contributed by atoms with E-state index < -0.39 is 0 Å². The molecule has 0 aliphatic heterocycles. The predicted molar refractivity (Wildman–Crippen MR) is 57.9 cm³/mol. The average molecular weight is 192 g/mol. The molecule has 0 radical (unpaired) electrons. The Labute approximate surface area is 82.0 Å². The van der Waals surface area contributed by atoms with Gasteiger partial charge in [0.25, 0.3) is 0 Å². The highest BCUT2D eigenvalue weighted by Gasteiger charge is 2.08. The van der Waals surface area contributed by atoms with Gasteiger partial charge in [0.2, 0.25) is 0 Å². The van der Waals surface area contributed by atoms with Crippen molar-refractivity contribution < 1.29 is 4.74 Å². The number of rotatable bonds is 1. The molecule has 2 aromatic rings. The second-order valence-corrected chi connectivity index (χ2v) is 4.13. The quantitative estimate of drug-likeness (QED) is 0.671. The Balaban J connectivity index is 2.87. The lowest BCUT2D eigenvalue weighted by atomic mass is 10.1. The highest BCUT2D eigenvalue weighted by atomic mass is 32.1. The summed E-state index contributed by atoms with van der Waals surface area (Å²) in [6.07, 6.45) is 0. The standard InChI is InChI=1S/C11H12OS/c1-7-6-10-9(4-5-13-10)11(12-3)8(7)2/h4-6H,1-3H3. The van der Waals surface area contributed by atoms with Crippen LogP contribution in [0, 0.1) is 13.8 Å². The molecule has 2 rings (SSSR count). The zero-order valence-corrected chi connectivity index (χ0v) is 8.87. The number of thiophene rings is 1. The molecule has 0 saturated carbocycles. The van der Waals surface area contributed by atoms with Crippen LogP contribution in [0.5, 0.6) is 5.75 Å². The number of aryl methyl sites for hydroxylation is 1. The van der Waals surface area contributed by atoms with Crippen molar-refractivity contribution in [2.24, 2.45) is 0 Å². The minimum atomic E-state index is 1.02. The summed E-state index contributed by atoms with van der Waals surface area (Å²) >= 11 is 1.76. The van der Waals surface area contributed by atoms with Gasteiger partial charge in [0.1, 0.15) is 5.75 Å². The Hall–Kier alpha value is -1.02. The van der Waals surface area contributed by atoms with Gasteiger partial charge < -0.3 is 4.74 Å². The van der Waals surface area contributed by atoms with E-state index in [0.717, 1.165) is 5.75 Å². The Kier molecular flexibility index (Phi) is 2.00. The Morgan fingerprint density at radius 2 is 2.08 bits per heavy atom. The molecular weight excluding hydrogens is 180 g/mol. The van der Waals surface area contributed by atoms with Crippen LogP contribution in [0.2, 0.25) is 0 Å². The Bertz CT molecular complexity index is 443. The highest BCUT2D eigenvalue weighted by Crippen LogP contribution is 2.34. The molecule has 0 bridgehead atoms. The third-order valence-electron chi connectivity index (χ3n) is 2.42. The van der Waals surface area contributed by atoms with E-state index in [2.05, 4.69) is 31.4 Å². The normalized spacial score (nSPS) is 10.7. The molecule has 0 aliphatic rings. The van der Waals surface area contributed by atoms with Gasteiger partial charge in [0, 0.05) is 10.1 Å². The maximum Gasteiger partial charge on any atom is 0.130 e. The van der Waals surface area contributed by atoms with Crippen LogP contribution < -0.4 is 4.74 Å². The molecule has 0 fully saturated rings. The fourth-order valence-electron chi connectivity index (χ4n) is 1.57. The van der Waals surface area contributed by atoms with Gasteiger partial charge in [0.15, 0.2) is 0 Å². The minimum Gasteiger partial charge on any atom is -0.496 e. The summed E-state index contributed by atoms with van der Waals surface area (Å²) in [5.41, 5.74) is 2.54. The molecular formula is C11H12OS. The van der Waals surface area contributed by atoms with E-state index in [1.807, 2.05) is 0 Å². The molecule has 0 aliphatic carbocycles. The molecule has 1 aromatic carbocycles. The number of ether oxygens (including phenoxy) is 1. The van der Waals surface area contributed by atoms with Crippen LogP contribution in [0.25, 0.3) is 10.1 Å². The molecule has 1 heterocycles. The van der Waals surface area contributed by atoms with Gasteiger partial charge in [-0.15, -0.1) is 11.3 Å². The first-order valence-corrected chi connectivity index (χ1v) is 5.13. The van der Waals surface area contributed by atoms with E-state index in [1.165, 1.54) is 21.2 Å². The second kappa shape index (κ2) is 3.04. The predicted octanol–water partition coefficient (Wildman–Crippen LogP) is 3.53. The van der Waals surface area contributed by atoms with Gasteiger partial charge in [-0.3, -0.25) is 0 Å². The zero-order chi connectivity index (χ0) is 9.42. The number of hydrogen-bond acceptors (Lipinski definition) is 2. The molecule has 68 valence electrons. The minimum absolute atomic E-state index is 1.02. The number of hydrogen-bond donors (Lipinski definition) is 0. The van der Waals surface area contributed by atoms with Gasteiger partial charge in [-0.05, 0) is 42.5 Å². The lowest BCUT2D eigenvalue weighted by Crippen LogP contribution is -1.90. The summed E-state index contributed by atoms with van der Waals surface area (Å²) in [4.78, 5) is 0. The molecule has 1 nitrogen and oxygen atoms in total. The van der Waals surface area contributed by atoms with Gasteiger partial charge in [0.05, 0.1) is 7.11 Å². The number of benzene rings is 1. The van der Waals surface area contributed by atoms with E-state index in [0.29, 0.717) is 0 Å². The highest BCUT2D eigenvalue weighted by molar-refractivity contribution is 7.17. The van der Waals surface area contributed by atoms with E-state index in [-0.39, 0.29) is 0 Å². The maximum absolute atomic E-state index is 5.40. The van der Waals surface area contributed by atoms with Gasteiger partial charge in [-0.1, -0.05) is 0 Å². The smallest absolute Gasteiger partial charge is 0.130 e. The van der Waals surface area contributed by atoms with Crippen LogP contribution >= 0.6 is 11.3 Å². The SMILES string of the molecule is COc1c(C)c(C)cc2sccc12. The fraction of sp³-hybridized carbons (Fsp3) is 0.273. The fourth-order valence-corrected chi connectivity index (χ4v) is 2.45. The van der Waals surface area contributed by atoms with Crippen molar-refractivity contribution in [1.29, 1.82) is 0 Å². The van der Waals surface area contributed by atoms with Crippen LogP contribution in [0.3, 0.4) is 0 Å². The van der Waals surface area contributed by atoms with Crippen molar-refractivity contribution in [3.63, 3.8) is 0 Å². The van der Waals surface area contributed by atoms with Crippen LogP contribution in [0.1, 0.15) is 11.1 Å². The summed E-state index contributed by atoms with van der Waals surface area (Å²) in [7, 11) is 1.74. The first kappa shape index (κ1) is 8.57. The average Bonchev–Trinajstić information content (AvgIpc) is 2.54. The van der Waals surface area contributed by atoms with Crippen LogP contribution in [-0.2, 0) is 0 Å². The Morgan fingerprint density at radius 1 is 1.31 bits per heavy atom.